The molecule has 0 radical (unpaired) electrons. The van der Waals surface area contributed by atoms with Gasteiger partial charge in [0, 0.05) is 5.92 Å². The van der Waals surface area contributed by atoms with Gasteiger partial charge in [-0.1, -0.05) is 19.3 Å². The summed E-state index contributed by atoms with van der Waals surface area (Å²) in [5.74, 6) is -0.523. The number of ether oxygens (including phenoxy) is 1. The Morgan fingerprint density at radius 1 is 1.23 bits per heavy atom. The maximum atomic E-state index is 12.0. The lowest BCUT2D eigenvalue weighted by molar-refractivity contribution is -0.150. The molecule has 22 heavy (non-hydrogen) atoms. The number of amides is 2. The lowest BCUT2D eigenvalue weighted by Crippen LogP contribution is -2.54. The first-order chi connectivity index (χ1) is 10.1. The Morgan fingerprint density at radius 3 is 2.18 bits per heavy atom. The second-order valence-corrected chi connectivity index (χ2v) is 7.58. The highest BCUT2D eigenvalue weighted by Gasteiger charge is 2.55. The smallest absolute Gasteiger partial charge is 0.405 e. The van der Waals surface area contributed by atoms with E-state index in [0.717, 1.165) is 32.1 Å². The highest BCUT2D eigenvalue weighted by molar-refractivity contribution is 5.84. The monoisotopic (exact) mass is 312 g/mol. The van der Waals surface area contributed by atoms with Crippen molar-refractivity contribution < 1.29 is 19.4 Å². The molecule has 2 aliphatic rings. The molecule has 2 atom stereocenters. The van der Waals surface area contributed by atoms with E-state index in [1.165, 1.54) is 6.42 Å². The zero-order valence-electron chi connectivity index (χ0n) is 13.5. The van der Waals surface area contributed by atoms with Crippen molar-refractivity contribution >= 4 is 12.0 Å². The Morgan fingerprint density at radius 2 is 1.82 bits per heavy atom. The SMILES string of the molecule is CC(C)(C[C@H](CC1CCC1)[C@](O)(C(N)=O)C1CC1)OC(N)=O. The van der Waals surface area contributed by atoms with Crippen molar-refractivity contribution in [2.75, 3.05) is 0 Å². The van der Waals surface area contributed by atoms with Crippen molar-refractivity contribution in [3.63, 3.8) is 0 Å². The highest BCUT2D eigenvalue weighted by atomic mass is 16.6. The van der Waals surface area contributed by atoms with Crippen LogP contribution in [-0.4, -0.2) is 28.3 Å². The van der Waals surface area contributed by atoms with Gasteiger partial charge in [-0.2, -0.15) is 0 Å². The molecule has 0 aromatic rings. The Bertz CT molecular complexity index is 443. The maximum Gasteiger partial charge on any atom is 0.405 e. The quantitative estimate of drug-likeness (QED) is 0.632. The van der Waals surface area contributed by atoms with Gasteiger partial charge < -0.3 is 21.3 Å². The van der Waals surface area contributed by atoms with E-state index >= 15 is 0 Å². The summed E-state index contributed by atoms with van der Waals surface area (Å²) < 4.78 is 5.15. The third-order valence-corrected chi connectivity index (χ3v) is 5.17. The van der Waals surface area contributed by atoms with Crippen LogP contribution in [0.5, 0.6) is 0 Å². The molecule has 2 rings (SSSR count). The van der Waals surface area contributed by atoms with Crippen LogP contribution in [0.1, 0.15) is 58.8 Å². The van der Waals surface area contributed by atoms with Gasteiger partial charge in [0.05, 0.1) is 0 Å². The fraction of sp³-hybridized carbons (Fsp3) is 0.875. The molecule has 0 aromatic heterocycles. The Kier molecular flexibility index (Phi) is 4.70. The van der Waals surface area contributed by atoms with Crippen molar-refractivity contribution in [2.45, 2.75) is 70.0 Å². The van der Waals surface area contributed by atoms with Crippen LogP contribution in [-0.2, 0) is 9.53 Å². The summed E-state index contributed by atoms with van der Waals surface area (Å²) in [7, 11) is 0. The van der Waals surface area contributed by atoms with Crippen LogP contribution in [0.4, 0.5) is 4.79 Å². The zero-order valence-corrected chi connectivity index (χ0v) is 13.5. The third kappa shape index (κ3) is 3.72. The predicted molar refractivity (Wildman–Crippen MR) is 81.7 cm³/mol. The minimum atomic E-state index is -1.51. The Hall–Kier alpha value is -1.30. The minimum Gasteiger partial charge on any atom is -0.444 e. The molecule has 2 amide bonds. The van der Waals surface area contributed by atoms with Crippen LogP contribution in [0.2, 0.25) is 0 Å². The molecule has 5 N–H and O–H groups in total. The van der Waals surface area contributed by atoms with Crippen LogP contribution >= 0.6 is 0 Å². The molecule has 0 heterocycles. The summed E-state index contributed by atoms with van der Waals surface area (Å²) in [4.78, 5) is 23.0. The first-order valence-electron chi connectivity index (χ1n) is 8.16. The van der Waals surface area contributed by atoms with Gasteiger partial charge in [0.1, 0.15) is 11.2 Å². The predicted octanol–water partition coefficient (Wildman–Crippen LogP) is 1.68. The largest absolute Gasteiger partial charge is 0.444 e. The molecule has 126 valence electrons. The molecule has 2 aliphatic carbocycles. The fourth-order valence-electron chi connectivity index (χ4n) is 3.72. The molecule has 0 spiro atoms. The zero-order chi connectivity index (χ0) is 16.5. The number of nitrogens with two attached hydrogens (primary N) is 2. The van der Waals surface area contributed by atoms with Gasteiger partial charge in [0.25, 0.3) is 0 Å². The molecule has 0 saturated heterocycles. The molecule has 0 aliphatic heterocycles. The van der Waals surface area contributed by atoms with Crippen LogP contribution in [0.25, 0.3) is 0 Å². The molecule has 6 nitrogen and oxygen atoms in total. The second kappa shape index (κ2) is 6.07. The summed E-state index contributed by atoms with van der Waals surface area (Å²) in [6.07, 6.45) is 5.33. The third-order valence-electron chi connectivity index (χ3n) is 5.17. The van der Waals surface area contributed by atoms with E-state index in [9.17, 15) is 14.7 Å². The van der Waals surface area contributed by atoms with Crippen molar-refractivity contribution in [1.82, 2.24) is 0 Å². The second-order valence-electron chi connectivity index (χ2n) is 7.58. The van der Waals surface area contributed by atoms with Gasteiger partial charge in [0.2, 0.25) is 5.91 Å². The number of hydrogen-bond acceptors (Lipinski definition) is 4. The molecule has 2 saturated carbocycles. The first kappa shape index (κ1) is 17.1. The van der Waals surface area contributed by atoms with Gasteiger partial charge >= 0.3 is 6.09 Å². The molecular formula is C16H28N2O4. The molecule has 2 fully saturated rings. The fourth-order valence-corrected chi connectivity index (χ4v) is 3.72. The Balaban J connectivity index is 2.17. The van der Waals surface area contributed by atoms with Crippen LogP contribution in [0.15, 0.2) is 0 Å². The van der Waals surface area contributed by atoms with Crippen molar-refractivity contribution in [3.8, 4) is 0 Å². The van der Waals surface area contributed by atoms with E-state index in [1.807, 2.05) is 0 Å². The van der Waals surface area contributed by atoms with Crippen molar-refractivity contribution in [2.24, 2.45) is 29.2 Å². The van der Waals surface area contributed by atoms with E-state index in [2.05, 4.69) is 0 Å². The molecule has 0 aromatic carbocycles. The van der Waals surface area contributed by atoms with Crippen LogP contribution < -0.4 is 11.5 Å². The number of primary amides is 2. The summed E-state index contributed by atoms with van der Waals surface area (Å²) in [6.45, 7) is 3.50. The van der Waals surface area contributed by atoms with Crippen molar-refractivity contribution in [3.05, 3.63) is 0 Å². The average molecular weight is 312 g/mol. The number of hydrogen-bond donors (Lipinski definition) is 3. The summed E-state index contributed by atoms with van der Waals surface area (Å²) in [5.41, 5.74) is 8.32. The molecule has 0 unspecified atom stereocenters. The van der Waals surface area contributed by atoms with Crippen LogP contribution in [0.3, 0.4) is 0 Å². The molecule has 6 heteroatoms. The van der Waals surface area contributed by atoms with Crippen LogP contribution in [0, 0.1) is 17.8 Å². The maximum absolute atomic E-state index is 12.0. The number of aliphatic hydroxyl groups is 1. The van der Waals surface area contributed by atoms with E-state index in [-0.39, 0.29) is 11.8 Å². The molecular weight excluding hydrogens is 284 g/mol. The van der Waals surface area contributed by atoms with Gasteiger partial charge in [-0.3, -0.25) is 4.79 Å². The summed E-state index contributed by atoms with van der Waals surface area (Å²) in [6, 6.07) is 0. The topological polar surface area (TPSA) is 116 Å². The number of rotatable bonds is 8. The minimum absolute atomic E-state index is 0.0699. The number of carbonyl (C=O) groups is 2. The summed E-state index contributed by atoms with van der Waals surface area (Å²) in [5, 5.41) is 11.0. The first-order valence-corrected chi connectivity index (χ1v) is 8.16. The molecule has 0 bridgehead atoms. The number of carbonyl (C=O) groups excluding carboxylic acids is 2. The summed E-state index contributed by atoms with van der Waals surface area (Å²) >= 11 is 0. The lowest BCUT2D eigenvalue weighted by Gasteiger charge is -2.41. The lowest BCUT2D eigenvalue weighted by atomic mass is 9.68. The normalized spacial score (nSPS) is 23.2. The van der Waals surface area contributed by atoms with Gasteiger partial charge in [-0.05, 0) is 51.4 Å². The van der Waals surface area contributed by atoms with E-state index in [0.29, 0.717) is 12.3 Å². The van der Waals surface area contributed by atoms with Gasteiger partial charge in [0.15, 0.2) is 0 Å². The van der Waals surface area contributed by atoms with Gasteiger partial charge in [-0.25, -0.2) is 4.79 Å². The van der Waals surface area contributed by atoms with Crippen molar-refractivity contribution in [1.29, 1.82) is 0 Å². The van der Waals surface area contributed by atoms with E-state index < -0.39 is 23.2 Å². The van der Waals surface area contributed by atoms with Gasteiger partial charge in [-0.15, -0.1) is 0 Å². The Labute approximate surface area is 131 Å². The average Bonchev–Trinajstić information content (AvgIpc) is 3.13. The highest BCUT2D eigenvalue weighted by Crippen LogP contribution is 2.49. The van der Waals surface area contributed by atoms with E-state index in [4.69, 9.17) is 16.2 Å². The standard InChI is InChI=1S/C16H28N2O4/c1-15(2,22-14(18)20)9-12(8-10-4-3-5-10)16(21,13(17)19)11-6-7-11/h10-12,21H,3-9H2,1-2H3,(H2,17,19)(H2,18,20)/t12-,16-/m0/s1. The van der Waals surface area contributed by atoms with E-state index in [1.54, 1.807) is 13.8 Å².